The van der Waals surface area contributed by atoms with Crippen molar-refractivity contribution in [2.24, 2.45) is 0 Å². The van der Waals surface area contributed by atoms with Crippen molar-refractivity contribution in [3.05, 3.63) is 0 Å². The lowest BCUT2D eigenvalue weighted by molar-refractivity contribution is -0.145. The molecule has 0 spiro atoms. The molecule has 0 unspecified atom stereocenters. The molecule has 2 N–H and O–H groups in total. The Morgan fingerprint density at radius 2 is 2.25 bits per heavy atom. The van der Waals surface area contributed by atoms with E-state index in [1.54, 1.807) is 0 Å². The molecule has 1 rings (SSSR count). The molecule has 0 aliphatic carbocycles. The molecule has 1 atom stereocenters. The van der Waals surface area contributed by atoms with Crippen LogP contribution in [-0.2, 0) is 9.59 Å². The summed E-state index contributed by atoms with van der Waals surface area (Å²) in [6.45, 7) is 0.512. The standard InChI is InChI=1S/C11H16N2O3/c1-2-7-13(8-10(14)15)11(16)9-5-3-4-6-12-9/h1,9,12H,3-8H2,(H,14,15)/t9-/m0/s1. The summed E-state index contributed by atoms with van der Waals surface area (Å²) in [5.41, 5.74) is 0. The first kappa shape index (κ1) is 12.5. The van der Waals surface area contributed by atoms with E-state index in [2.05, 4.69) is 11.2 Å². The third-order valence-electron chi connectivity index (χ3n) is 2.53. The first-order valence-electron chi connectivity index (χ1n) is 5.32. The van der Waals surface area contributed by atoms with Gasteiger partial charge in [0.25, 0.3) is 0 Å². The number of nitrogens with zero attached hydrogens (tertiary/aromatic N) is 1. The Balaban J connectivity index is 2.58. The number of aliphatic carboxylic acids is 1. The van der Waals surface area contributed by atoms with Crippen LogP contribution in [0, 0.1) is 12.3 Å². The molecule has 5 nitrogen and oxygen atoms in total. The van der Waals surface area contributed by atoms with Gasteiger partial charge in [-0.15, -0.1) is 6.42 Å². The maximum atomic E-state index is 11.9. The van der Waals surface area contributed by atoms with Gasteiger partial charge in [0.2, 0.25) is 5.91 Å². The minimum atomic E-state index is -1.04. The lowest BCUT2D eigenvalue weighted by atomic mass is 10.0. The van der Waals surface area contributed by atoms with Gasteiger partial charge in [0.1, 0.15) is 6.54 Å². The molecule has 1 heterocycles. The zero-order valence-electron chi connectivity index (χ0n) is 9.11. The summed E-state index contributed by atoms with van der Waals surface area (Å²) in [6, 6.07) is -0.276. The molecule has 1 saturated heterocycles. The molecule has 0 aromatic rings. The van der Waals surface area contributed by atoms with Crippen LogP contribution in [0.3, 0.4) is 0 Å². The summed E-state index contributed by atoms with van der Waals surface area (Å²) >= 11 is 0. The van der Waals surface area contributed by atoms with Crippen LogP contribution in [-0.4, -0.2) is 47.6 Å². The minimum Gasteiger partial charge on any atom is -0.480 e. The van der Waals surface area contributed by atoms with E-state index in [1.807, 2.05) is 0 Å². The Hall–Kier alpha value is -1.54. The highest BCUT2D eigenvalue weighted by molar-refractivity contribution is 5.85. The number of terminal acetylenes is 1. The molecule has 0 aromatic heterocycles. The third kappa shape index (κ3) is 3.55. The first-order chi connectivity index (χ1) is 7.65. The summed E-state index contributed by atoms with van der Waals surface area (Å²) in [5, 5.41) is 11.8. The summed E-state index contributed by atoms with van der Waals surface area (Å²) in [5.74, 6) is 1.06. The second-order valence-corrected chi connectivity index (χ2v) is 3.79. The van der Waals surface area contributed by atoms with Crippen LogP contribution in [0.2, 0.25) is 0 Å². The Bertz CT molecular complexity index is 303. The molecule has 1 aliphatic heterocycles. The zero-order valence-corrected chi connectivity index (χ0v) is 9.11. The predicted molar refractivity (Wildman–Crippen MR) is 58.7 cm³/mol. The maximum absolute atomic E-state index is 11.9. The van der Waals surface area contributed by atoms with Crippen LogP contribution in [0.25, 0.3) is 0 Å². The maximum Gasteiger partial charge on any atom is 0.323 e. The van der Waals surface area contributed by atoms with E-state index in [0.717, 1.165) is 25.8 Å². The topological polar surface area (TPSA) is 69.6 Å². The average Bonchev–Trinajstić information content (AvgIpc) is 2.28. The highest BCUT2D eigenvalue weighted by Crippen LogP contribution is 2.09. The molecule has 1 amide bonds. The third-order valence-corrected chi connectivity index (χ3v) is 2.53. The SMILES string of the molecule is C#CCN(CC(=O)O)C(=O)[C@@H]1CCCCN1. The number of piperidine rings is 1. The smallest absolute Gasteiger partial charge is 0.323 e. The fraction of sp³-hybridized carbons (Fsp3) is 0.636. The van der Waals surface area contributed by atoms with Crippen LogP contribution < -0.4 is 5.32 Å². The van der Waals surface area contributed by atoms with Crippen LogP contribution in [0.5, 0.6) is 0 Å². The molecular weight excluding hydrogens is 208 g/mol. The van der Waals surface area contributed by atoms with Crippen molar-refractivity contribution in [3.8, 4) is 12.3 Å². The lowest BCUT2D eigenvalue weighted by Gasteiger charge is -2.27. The number of carbonyl (C=O) groups excluding carboxylic acids is 1. The van der Waals surface area contributed by atoms with E-state index in [-0.39, 0.29) is 25.0 Å². The highest BCUT2D eigenvalue weighted by atomic mass is 16.4. The number of carbonyl (C=O) groups is 2. The Labute approximate surface area is 94.8 Å². The van der Waals surface area contributed by atoms with Gasteiger partial charge in [-0.1, -0.05) is 12.3 Å². The number of carboxylic acids is 1. The molecule has 88 valence electrons. The molecule has 0 radical (unpaired) electrons. The van der Waals surface area contributed by atoms with Crippen molar-refractivity contribution in [1.29, 1.82) is 0 Å². The van der Waals surface area contributed by atoms with Crippen LogP contribution in [0.1, 0.15) is 19.3 Å². The fourth-order valence-corrected chi connectivity index (χ4v) is 1.77. The quantitative estimate of drug-likeness (QED) is 0.642. The largest absolute Gasteiger partial charge is 0.480 e. The van der Waals surface area contributed by atoms with Gasteiger partial charge in [0.05, 0.1) is 12.6 Å². The number of nitrogens with one attached hydrogen (secondary N) is 1. The van der Waals surface area contributed by atoms with Gasteiger partial charge in [-0.2, -0.15) is 0 Å². The number of rotatable bonds is 4. The van der Waals surface area contributed by atoms with Crippen molar-refractivity contribution in [1.82, 2.24) is 10.2 Å². The van der Waals surface area contributed by atoms with Crippen molar-refractivity contribution in [3.63, 3.8) is 0 Å². The fourth-order valence-electron chi connectivity index (χ4n) is 1.77. The van der Waals surface area contributed by atoms with E-state index >= 15 is 0 Å². The van der Waals surface area contributed by atoms with Gasteiger partial charge in [0.15, 0.2) is 0 Å². The number of amides is 1. The van der Waals surface area contributed by atoms with Gasteiger partial charge in [-0.05, 0) is 19.4 Å². The summed E-state index contributed by atoms with van der Waals surface area (Å²) in [6.07, 6.45) is 7.90. The Morgan fingerprint density at radius 3 is 2.75 bits per heavy atom. The molecule has 0 bridgehead atoms. The average molecular weight is 224 g/mol. The molecule has 16 heavy (non-hydrogen) atoms. The second-order valence-electron chi connectivity index (χ2n) is 3.79. The van der Waals surface area contributed by atoms with Crippen molar-refractivity contribution in [2.75, 3.05) is 19.6 Å². The van der Waals surface area contributed by atoms with Gasteiger partial charge in [0, 0.05) is 0 Å². The molecule has 1 fully saturated rings. The monoisotopic (exact) mass is 224 g/mol. The van der Waals surface area contributed by atoms with Crippen LogP contribution >= 0.6 is 0 Å². The van der Waals surface area contributed by atoms with Gasteiger partial charge < -0.3 is 15.3 Å². The molecular formula is C11H16N2O3. The molecule has 5 heteroatoms. The first-order valence-corrected chi connectivity index (χ1v) is 5.32. The Kier molecular flexibility index (Phi) is 4.80. The van der Waals surface area contributed by atoms with Gasteiger partial charge >= 0.3 is 5.97 Å². The Morgan fingerprint density at radius 1 is 1.50 bits per heavy atom. The van der Waals surface area contributed by atoms with Crippen LogP contribution in [0.4, 0.5) is 0 Å². The number of carboxylic acid groups (broad SMARTS) is 1. The van der Waals surface area contributed by atoms with Gasteiger partial charge in [-0.3, -0.25) is 9.59 Å². The van der Waals surface area contributed by atoms with Gasteiger partial charge in [-0.25, -0.2) is 0 Å². The minimum absolute atomic E-state index is 0.0450. The van der Waals surface area contributed by atoms with E-state index < -0.39 is 5.97 Å². The lowest BCUT2D eigenvalue weighted by Crippen LogP contribution is -2.50. The van der Waals surface area contributed by atoms with Crippen molar-refractivity contribution >= 4 is 11.9 Å². The molecule has 1 aliphatic rings. The number of hydrogen-bond donors (Lipinski definition) is 2. The summed E-state index contributed by atoms with van der Waals surface area (Å²) < 4.78 is 0. The van der Waals surface area contributed by atoms with E-state index in [1.165, 1.54) is 4.90 Å². The summed E-state index contributed by atoms with van der Waals surface area (Å²) in [7, 11) is 0. The molecule has 0 saturated carbocycles. The second kappa shape index (κ2) is 6.13. The molecule has 0 aromatic carbocycles. The zero-order chi connectivity index (χ0) is 12.0. The van der Waals surface area contributed by atoms with Crippen molar-refractivity contribution < 1.29 is 14.7 Å². The van der Waals surface area contributed by atoms with Crippen molar-refractivity contribution in [2.45, 2.75) is 25.3 Å². The van der Waals surface area contributed by atoms with Crippen LogP contribution in [0.15, 0.2) is 0 Å². The van der Waals surface area contributed by atoms with E-state index in [9.17, 15) is 9.59 Å². The predicted octanol–water partition coefficient (Wildman–Crippen LogP) is -0.325. The highest BCUT2D eigenvalue weighted by Gasteiger charge is 2.26. The summed E-state index contributed by atoms with van der Waals surface area (Å²) in [4.78, 5) is 23.7. The van der Waals surface area contributed by atoms with E-state index in [0.29, 0.717) is 0 Å². The number of hydrogen-bond acceptors (Lipinski definition) is 3. The van der Waals surface area contributed by atoms with E-state index in [4.69, 9.17) is 11.5 Å². The normalized spacial score (nSPS) is 19.8.